The van der Waals surface area contributed by atoms with Crippen molar-refractivity contribution in [3.8, 4) is 0 Å². The quantitative estimate of drug-likeness (QED) is 0.887. The molecule has 0 bridgehead atoms. The van der Waals surface area contributed by atoms with Gasteiger partial charge >= 0.3 is 0 Å². The maximum atomic E-state index is 11.8. The third-order valence-corrected chi connectivity index (χ3v) is 2.41. The zero-order valence-electron chi connectivity index (χ0n) is 9.30. The monoisotopic (exact) mass is 263 g/mol. The number of nitrogens with one attached hydrogen (secondary N) is 1. The molecule has 0 aliphatic heterocycles. The van der Waals surface area contributed by atoms with Crippen molar-refractivity contribution in [2.24, 2.45) is 0 Å². The molecule has 1 aromatic heterocycles. The predicted octanol–water partition coefficient (Wildman–Crippen LogP) is 1.87. The molecule has 0 aliphatic carbocycles. The average molecular weight is 264 g/mol. The lowest BCUT2D eigenvalue weighted by molar-refractivity contribution is 0.102. The van der Waals surface area contributed by atoms with Crippen LogP contribution in [0, 0.1) is 0 Å². The summed E-state index contributed by atoms with van der Waals surface area (Å²) in [7, 11) is 0. The highest BCUT2D eigenvalue weighted by Crippen LogP contribution is 2.11. The molecular formula is C12H10ClN3O2. The van der Waals surface area contributed by atoms with Gasteiger partial charge in [-0.05, 0) is 17.7 Å². The fourth-order valence-corrected chi connectivity index (χ4v) is 1.49. The van der Waals surface area contributed by atoms with E-state index in [-0.39, 0.29) is 23.4 Å². The van der Waals surface area contributed by atoms with Gasteiger partial charge in [-0.2, -0.15) is 0 Å². The highest BCUT2D eigenvalue weighted by Gasteiger charge is 2.08. The maximum absolute atomic E-state index is 11.8. The zero-order valence-corrected chi connectivity index (χ0v) is 10.1. The Kier molecular flexibility index (Phi) is 3.86. The summed E-state index contributed by atoms with van der Waals surface area (Å²) in [5, 5.41) is 11.7. The van der Waals surface area contributed by atoms with Crippen molar-refractivity contribution >= 4 is 23.2 Å². The van der Waals surface area contributed by atoms with Gasteiger partial charge in [0.2, 0.25) is 0 Å². The molecule has 0 saturated carbocycles. The number of benzene rings is 1. The van der Waals surface area contributed by atoms with E-state index < -0.39 is 0 Å². The lowest BCUT2D eigenvalue weighted by atomic mass is 10.2. The first-order valence-electron chi connectivity index (χ1n) is 5.18. The summed E-state index contributed by atoms with van der Waals surface area (Å²) in [5.41, 5.74) is 1.53. The van der Waals surface area contributed by atoms with E-state index in [1.54, 1.807) is 24.3 Å². The Morgan fingerprint density at radius 2 is 2.00 bits per heavy atom. The second kappa shape index (κ2) is 5.57. The summed E-state index contributed by atoms with van der Waals surface area (Å²) in [6, 6.07) is 6.83. The maximum Gasteiger partial charge on any atom is 0.275 e. The second-order valence-corrected chi connectivity index (χ2v) is 3.92. The van der Waals surface area contributed by atoms with Crippen molar-refractivity contribution in [1.82, 2.24) is 9.97 Å². The molecule has 0 spiro atoms. The van der Waals surface area contributed by atoms with Crippen LogP contribution in [0.3, 0.4) is 0 Å². The highest BCUT2D eigenvalue weighted by atomic mass is 35.5. The van der Waals surface area contributed by atoms with Crippen LogP contribution in [-0.4, -0.2) is 21.0 Å². The number of carbonyl (C=O) groups is 1. The van der Waals surface area contributed by atoms with Crippen LogP contribution in [0.2, 0.25) is 5.15 Å². The molecule has 5 nitrogen and oxygen atoms in total. The molecule has 1 amide bonds. The predicted molar refractivity (Wildman–Crippen MR) is 67.4 cm³/mol. The molecule has 0 radical (unpaired) electrons. The van der Waals surface area contributed by atoms with Gasteiger partial charge in [-0.25, -0.2) is 4.98 Å². The lowest BCUT2D eigenvalue weighted by Crippen LogP contribution is -2.14. The smallest absolute Gasteiger partial charge is 0.275 e. The first-order valence-corrected chi connectivity index (χ1v) is 5.55. The minimum Gasteiger partial charge on any atom is -0.392 e. The van der Waals surface area contributed by atoms with Gasteiger partial charge < -0.3 is 10.4 Å². The summed E-state index contributed by atoms with van der Waals surface area (Å²) in [6.45, 7) is -0.0337. The molecule has 2 rings (SSSR count). The van der Waals surface area contributed by atoms with Crippen molar-refractivity contribution in [1.29, 1.82) is 0 Å². The molecule has 92 valence electrons. The van der Waals surface area contributed by atoms with Gasteiger partial charge in [-0.15, -0.1) is 0 Å². The molecule has 2 N–H and O–H groups in total. The number of amides is 1. The molecule has 0 aliphatic rings. The molecule has 0 saturated heterocycles. The van der Waals surface area contributed by atoms with Crippen molar-refractivity contribution in [2.75, 3.05) is 5.32 Å². The van der Waals surface area contributed by atoms with Gasteiger partial charge in [0.1, 0.15) is 10.8 Å². The number of carbonyl (C=O) groups excluding carboxylic acids is 1. The van der Waals surface area contributed by atoms with Gasteiger partial charge in [0.05, 0.1) is 19.0 Å². The summed E-state index contributed by atoms with van der Waals surface area (Å²) in [5.74, 6) is -0.387. The molecule has 0 atom stereocenters. The first kappa shape index (κ1) is 12.5. The SMILES string of the molecule is O=C(Nc1ccc(CO)cc1)c1cncc(Cl)n1. The van der Waals surface area contributed by atoms with Gasteiger partial charge in [-0.3, -0.25) is 9.78 Å². The third kappa shape index (κ3) is 3.03. The zero-order chi connectivity index (χ0) is 13.0. The van der Waals surface area contributed by atoms with Gasteiger partial charge in [0.25, 0.3) is 5.91 Å². The largest absolute Gasteiger partial charge is 0.392 e. The molecule has 18 heavy (non-hydrogen) atoms. The van der Waals surface area contributed by atoms with E-state index in [2.05, 4.69) is 15.3 Å². The number of halogens is 1. The number of aliphatic hydroxyl groups excluding tert-OH is 1. The Labute approximate surface area is 108 Å². The molecule has 0 unspecified atom stereocenters. The number of hydrogen-bond acceptors (Lipinski definition) is 4. The lowest BCUT2D eigenvalue weighted by Gasteiger charge is -2.05. The summed E-state index contributed by atoms with van der Waals surface area (Å²) < 4.78 is 0. The molecule has 6 heteroatoms. The van der Waals surface area contributed by atoms with Gasteiger partial charge in [-0.1, -0.05) is 23.7 Å². The molecule has 1 heterocycles. The average Bonchev–Trinajstić information content (AvgIpc) is 2.39. The Hall–Kier alpha value is -1.98. The fraction of sp³-hybridized carbons (Fsp3) is 0.0833. The number of nitrogens with zero attached hydrogens (tertiary/aromatic N) is 2. The molecule has 2 aromatic rings. The Bertz CT molecular complexity index is 558. The Morgan fingerprint density at radius 3 is 2.61 bits per heavy atom. The Morgan fingerprint density at radius 1 is 1.28 bits per heavy atom. The summed E-state index contributed by atoms with van der Waals surface area (Å²) in [6.07, 6.45) is 2.69. The minimum absolute atomic E-state index is 0.0337. The van der Waals surface area contributed by atoms with Crippen LogP contribution in [-0.2, 0) is 6.61 Å². The standard InChI is InChI=1S/C12H10ClN3O2/c13-11-6-14-5-10(16-11)12(18)15-9-3-1-8(7-17)2-4-9/h1-6,17H,7H2,(H,15,18). The fourth-order valence-electron chi connectivity index (χ4n) is 1.34. The molecular weight excluding hydrogens is 254 g/mol. The topological polar surface area (TPSA) is 75.1 Å². The van der Waals surface area contributed by atoms with Crippen LogP contribution < -0.4 is 5.32 Å². The third-order valence-electron chi connectivity index (χ3n) is 2.23. The van der Waals surface area contributed by atoms with E-state index in [4.69, 9.17) is 16.7 Å². The van der Waals surface area contributed by atoms with Gasteiger partial charge in [0.15, 0.2) is 0 Å². The Balaban J connectivity index is 2.11. The van der Waals surface area contributed by atoms with Crippen LogP contribution in [0.4, 0.5) is 5.69 Å². The number of anilines is 1. The normalized spacial score (nSPS) is 10.1. The van der Waals surface area contributed by atoms with Crippen molar-refractivity contribution in [3.63, 3.8) is 0 Å². The van der Waals surface area contributed by atoms with E-state index in [0.717, 1.165) is 5.56 Å². The first-order chi connectivity index (χ1) is 8.69. The second-order valence-electron chi connectivity index (χ2n) is 3.54. The van der Waals surface area contributed by atoms with E-state index in [1.807, 2.05) is 0 Å². The number of hydrogen-bond donors (Lipinski definition) is 2. The molecule has 1 aromatic carbocycles. The van der Waals surface area contributed by atoms with Crippen LogP contribution in [0.15, 0.2) is 36.7 Å². The van der Waals surface area contributed by atoms with Crippen LogP contribution in [0.5, 0.6) is 0 Å². The van der Waals surface area contributed by atoms with Crippen molar-refractivity contribution in [3.05, 3.63) is 53.1 Å². The minimum atomic E-state index is -0.387. The van der Waals surface area contributed by atoms with Crippen molar-refractivity contribution in [2.45, 2.75) is 6.61 Å². The van der Waals surface area contributed by atoms with Crippen molar-refractivity contribution < 1.29 is 9.90 Å². The number of rotatable bonds is 3. The van der Waals surface area contributed by atoms with E-state index in [1.165, 1.54) is 12.4 Å². The van der Waals surface area contributed by atoms with Crippen LogP contribution in [0.25, 0.3) is 0 Å². The van der Waals surface area contributed by atoms with E-state index in [9.17, 15) is 4.79 Å². The van der Waals surface area contributed by atoms with E-state index in [0.29, 0.717) is 5.69 Å². The summed E-state index contributed by atoms with van der Waals surface area (Å²) >= 11 is 5.65. The summed E-state index contributed by atoms with van der Waals surface area (Å²) in [4.78, 5) is 19.4. The van der Waals surface area contributed by atoms with Gasteiger partial charge in [0, 0.05) is 5.69 Å². The highest BCUT2D eigenvalue weighted by molar-refractivity contribution is 6.29. The number of aliphatic hydroxyl groups is 1. The van der Waals surface area contributed by atoms with Crippen LogP contribution >= 0.6 is 11.6 Å². The van der Waals surface area contributed by atoms with Crippen LogP contribution in [0.1, 0.15) is 16.1 Å². The van der Waals surface area contributed by atoms with E-state index >= 15 is 0 Å². The number of aromatic nitrogens is 2. The molecule has 0 fully saturated rings.